The molecule has 58 valence electrons. The molecule has 0 bridgehead atoms. The van der Waals surface area contributed by atoms with Crippen LogP contribution < -0.4 is 0 Å². The van der Waals surface area contributed by atoms with Crippen LogP contribution in [0, 0.1) is 0 Å². The lowest BCUT2D eigenvalue weighted by molar-refractivity contribution is 0.318. The van der Waals surface area contributed by atoms with Crippen molar-refractivity contribution >= 4 is 39.2 Å². The third-order valence-corrected chi connectivity index (χ3v) is 3.61. The molecular weight excluding hydrogens is 198 g/mol. The second-order valence-corrected chi connectivity index (χ2v) is 10.8. The summed E-state index contributed by atoms with van der Waals surface area (Å²) in [6, 6.07) is -1.51. The summed E-state index contributed by atoms with van der Waals surface area (Å²) in [6.45, 7) is 3.80. The molecule has 9 heavy (non-hydrogen) atoms. The quantitative estimate of drug-likeness (QED) is 0.520. The molecule has 0 aliphatic carbocycles. The van der Waals surface area contributed by atoms with E-state index in [4.69, 9.17) is 38.3 Å². The van der Waals surface area contributed by atoms with Crippen LogP contribution in [0.5, 0.6) is 0 Å². The van der Waals surface area contributed by atoms with Crippen LogP contribution in [0.25, 0.3) is 0 Å². The van der Waals surface area contributed by atoms with Crippen molar-refractivity contribution in [3.63, 3.8) is 0 Å². The summed E-state index contributed by atoms with van der Waals surface area (Å²) in [7, 11) is 0. The third kappa shape index (κ3) is 27.4. The maximum absolute atomic E-state index is 7.57. The molecule has 0 aliphatic rings. The van der Waals surface area contributed by atoms with Crippen LogP contribution in [0.15, 0.2) is 0 Å². The lowest BCUT2D eigenvalue weighted by atomic mass is 10.9. The molecule has 0 radical (unpaired) electrons. The van der Waals surface area contributed by atoms with Gasteiger partial charge < -0.3 is 5.11 Å². The average molecular weight is 210 g/mol. The Kier molecular flexibility index (Phi) is 10.1. The molecule has 1 N–H and O–H groups in total. The summed E-state index contributed by atoms with van der Waals surface area (Å²) in [6.07, 6.45) is 0. The van der Waals surface area contributed by atoms with E-state index in [1.54, 1.807) is 6.92 Å². The molecule has 0 rings (SSSR count). The van der Waals surface area contributed by atoms with Crippen LogP contribution in [-0.4, -0.2) is 17.7 Å². The largest absolute Gasteiger partial charge is 0.397 e. The molecule has 0 fully saturated rings. The highest BCUT2D eigenvalue weighted by atomic mass is 35.8. The Hall–Kier alpha value is 1.05. The lowest BCUT2D eigenvalue weighted by Gasteiger charge is -1.98. The summed E-state index contributed by atoms with van der Waals surface area (Å²) in [5.74, 6) is 0. The van der Waals surface area contributed by atoms with Gasteiger partial charge in [-0.25, -0.2) is 0 Å². The van der Waals surface area contributed by atoms with Gasteiger partial charge in [0.15, 0.2) is 0 Å². The molecule has 0 aliphatic heterocycles. The Morgan fingerprint density at radius 2 is 1.33 bits per heavy atom. The first-order valence-electron chi connectivity index (χ1n) is 2.65. The van der Waals surface area contributed by atoms with Crippen molar-refractivity contribution in [1.29, 1.82) is 0 Å². The third-order valence-electron chi connectivity index (χ3n) is 0.401. The van der Waals surface area contributed by atoms with Crippen LogP contribution in [0.4, 0.5) is 0 Å². The number of aliphatic hydroxyl groups is 1. The van der Waals surface area contributed by atoms with Crippen molar-refractivity contribution < 1.29 is 5.11 Å². The predicted molar refractivity (Wildman–Crippen MR) is 46.6 cm³/mol. The Labute approximate surface area is 71.0 Å². The van der Waals surface area contributed by atoms with Gasteiger partial charge in [0.25, 0.3) is 0 Å². The number of halogens is 3. The Balaban J connectivity index is 0. The van der Waals surface area contributed by atoms with E-state index in [1.807, 2.05) is 6.92 Å². The van der Waals surface area contributed by atoms with E-state index >= 15 is 0 Å². The fraction of sp³-hybridized carbons (Fsp3) is 1.00. The van der Waals surface area contributed by atoms with Gasteiger partial charge in [-0.2, -0.15) is 0 Å². The van der Waals surface area contributed by atoms with Gasteiger partial charge in [0, 0.05) is 6.61 Å². The molecule has 0 saturated carbocycles. The second kappa shape index (κ2) is 7.16. The predicted octanol–water partition coefficient (Wildman–Crippen LogP) is 2.66. The summed E-state index contributed by atoms with van der Waals surface area (Å²) >= 11 is 16.2. The Morgan fingerprint density at radius 1 is 1.22 bits per heavy atom. The zero-order valence-corrected chi connectivity index (χ0v) is 8.76. The highest BCUT2D eigenvalue weighted by Crippen LogP contribution is 2.23. The SMILES string of the molecule is CCO.CC[Si](Cl)(Cl)Cl. The summed E-state index contributed by atoms with van der Waals surface area (Å²) < 4.78 is 0. The highest BCUT2D eigenvalue weighted by molar-refractivity contribution is 7.64. The maximum atomic E-state index is 7.57. The minimum atomic E-state index is -2.21. The van der Waals surface area contributed by atoms with Crippen molar-refractivity contribution in [3.05, 3.63) is 0 Å². The molecule has 5 heteroatoms. The van der Waals surface area contributed by atoms with Gasteiger partial charge in [-0.05, 0) is 13.0 Å². The molecule has 0 aromatic carbocycles. The Morgan fingerprint density at radius 3 is 1.33 bits per heavy atom. The molecular formula is C4H11Cl3OSi. The van der Waals surface area contributed by atoms with E-state index in [2.05, 4.69) is 0 Å². The molecule has 0 heterocycles. The van der Waals surface area contributed by atoms with E-state index in [9.17, 15) is 0 Å². The molecule has 0 aromatic heterocycles. The number of hydrogen-bond acceptors (Lipinski definition) is 1. The molecule has 0 atom stereocenters. The number of aliphatic hydroxyl groups excluding tert-OH is 1. The van der Waals surface area contributed by atoms with E-state index in [-0.39, 0.29) is 6.61 Å². The fourth-order valence-electron chi connectivity index (χ4n) is 0. The monoisotopic (exact) mass is 208 g/mol. The molecule has 0 aromatic rings. The molecule has 0 spiro atoms. The molecule has 0 amide bonds. The van der Waals surface area contributed by atoms with E-state index in [1.165, 1.54) is 0 Å². The van der Waals surface area contributed by atoms with Gasteiger partial charge in [-0.3, -0.25) is 0 Å². The van der Waals surface area contributed by atoms with E-state index in [0.29, 0.717) is 6.04 Å². The second-order valence-electron chi connectivity index (χ2n) is 1.28. The summed E-state index contributed by atoms with van der Waals surface area (Å²) in [5.41, 5.74) is 0. The maximum Gasteiger partial charge on any atom is 0.341 e. The van der Waals surface area contributed by atoms with Crippen molar-refractivity contribution in [2.24, 2.45) is 0 Å². The topological polar surface area (TPSA) is 20.2 Å². The fourth-order valence-corrected chi connectivity index (χ4v) is 0. The highest BCUT2D eigenvalue weighted by Gasteiger charge is 2.20. The van der Waals surface area contributed by atoms with Crippen molar-refractivity contribution in [1.82, 2.24) is 0 Å². The van der Waals surface area contributed by atoms with Gasteiger partial charge in [0.2, 0.25) is 0 Å². The zero-order chi connectivity index (χ0) is 7.91. The zero-order valence-electron chi connectivity index (χ0n) is 5.50. The lowest BCUT2D eigenvalue weighted by Crippen LogP contribution is -2.04. The van der Waals surface area contributed by atoms with Gasteiger partial charge in [0.1, 0.15) is 0 Å². The first kappa shape index (κ1) is 12.7. The minimum Gasteiger partial charge on any atom is -0.397 e. The average Bonchev–Trinajstić information content (AvgIpc) is 1.67. The van der Waals surface area contributed by atoms with E-state index < -0.39 is 6.00 Å². The van der Waals surface area contributed by atoms with Gasteiger partial charge in [0.05, 0.1) is 0 Å². The first-order valence-corrected chi connectivity index (χ1v) is 7.89. The van der Waals surface area contributed by atoms with Gasteiger partial charge in [-0.15, -0.1) is 33.2 Å². The van der Waals surface area contributed by atoms with Crippen LogP contribution in [0.2, 0.25) is 6.04 Å². The van der Waals surface area contributed by atoms with Crippen LogP contribution in [-0.2, 0) is 0 Å². The van der Waals surface area contributed by atoms with Crippen LogP contribution in [0.1, 0.15) is 13.8 Å². The van der Waals surface area contributed by atoms with Crippen LogP contribution >= 0.6 is 33.2 Å². The standard InChI is InChI=1S/C2H5Cl3Si.C2H6O/c1-2-6(3,4)5;1-2-3/h2H2,1H3;3H,2H2,1H3. The minimum absolute atomic E-state index is 0.250. The normalized spacial score (nSPS) is 10.0. The molecule has 0 saturated heterocycles. The summed E-state index contributed by atoms with van der Waals surface area (Å²) in [4.78, 5) is 0. The molecule has 1 nitrogen and oxygen atoms in total. The molecule has 0 unspecified atom stereocenters. The Bertz CT molecular complexity index is 54.3. The van der Waals surface area contributed by atoms with Crippen LogP contribution in [0.3, 0.4) is 0 Å². The first-order chi connectivity index (χ1) is 3.97. The van der Waals surface area contributed by atoms with Crippen molar-refractivity contribution in [2.45, 2.75) is 19.9 Å². The summed E-state index contributed by atoms with van der Waals surface area (Å²) in [5, 5.41) is 7.57. The number of rotatable bonds is 1. The van der Waals surface area contributed by atoms with E-state index in [0.717, 1.165) is 0 Å². The van der Waals surface area contributed by atoms with Gasteiger partial charge in [-0.1, -0.05) is 6.92 Å². The number of hydrogen-bond donors (Lipinski definition) is 1. The van der Waals surface area contributed by atoms with Gasteiger partial charge >= 0.3 is 6.00 Å². The smallest absolute Gasteiger partial charge is 0.341 e. The van der Waals surface area contributed by atoms with Crippen molar-refractivity contribution in [2.75, 3.05) is 6.61 Å². The van der Waals surface area contributed by atoms with Crippen molar-refractivity contribution in [3.8, 4) is 0 Å².